The summed E-state index contributed by atoms with van der Waals surface area (Å²) < 4.78 is 5.78. The van der Waals surface area contributed by atoms with E-state index in [1.54, 1.807) is 0 Å². The van der Waals surface area contributed by atoms with E-state index in [9.17, 15) is 0 Å². The van der Waals surface area contributed by atoms with Gasteiger partial charge in [-0.25, -0.2) is 0 Å². The van der Waals surface area contributed by atoms with Crippen LogP contribution >= 0.6 is 11.8 Å². The van der Waals surface area contributed by atoms with Gasteiger partial charge in [-0.3, -0.25) is 0 Å². The van der Waals surface area contributed by atoms with Crippen LogP contribution in [-0.4, -0.2) is 24.7 Å². The zero-order chi connectivity index (χ0) is 13.5. The van der Waals surface area contributed by atoms with Crippen molar-refractivity contribution in [1.82, 2.24) is 0 Å². The summed E-state index contributed by atoms with van der Waals surface area (Å²) in [6.45, 7) is 3.69. The molecule has 1 atom stereocenters. The molecule has 0 bridgehead atoms. The maximum absolute atomic E-state index is 5.78. The molecule has 0 saturated heterocycles. The molecule has 3 heteroatoms. The summed E-state index contributed by atoms with van der Waals surface area (Å²) in [4.78, 5) is 0. The van der Waals surface area contributed by atoms with Crippen molar-refractivity contribution in [2.75, 3.05) is 24.7 Å². The van der Waals surface area contributed by atoms with E-state index in [4.69, 9.17) is 10.5 Å². The molecule has 0 radical (unpaired) electrons. The Hall–Kier alpha value is -1.19. The van der Waals surface area contributed by atoms with Gasteiger partial charge in [0, 0.05) is 5.75 Å². The number of rotatable bonds is 7. The molecule has 0 fully saturated rings. The van der Waals surface area contributed by atoms with Crippen LogP contribution in [0.15, 0.2) is 42.5 Å². The molecule has 0 aliphatic heterocycles. The number of fused-ring (bicyclic) bond motifs is 1. The molecule has 1 unspecified atom stereocenters. The molecular formula is C16H21NOS. The van der Waals surface area contributed by atoms with Crippen LogP contribution in [0.5, 0.6) is 5.75 Å². The Morgan fingerprint density at radius 2 is 1.95 bits per heavy atom. The second-order valence-corrected chi connectivity index (χ2v) is 5.92. The second-order valence-electron chi connectivity index (χ2n) is 4.77. The summed E-state index contributed by atoms with van der Waals surface area (Å²) in [6.07, 6.45) is 0. The first kappa shape index (κ1) is 14.2. The molecular weight excluding hydrogens is 254 g/mol. The lowest BCUT2D eigenvalue weighted by Crippen LogP contribution is -2.13. The Kier molecular flexibility index (Phi) is 5.55. The minimum absolute atomic E-state index is 0.589. The Bertz CT molecular complexity index is 515. The van der Waals surface area contributed by atoms with E-state index < -0.39 is 0 Å². The summed E-state index contributed by atoms with van der Waals surface area (Å²) in [6, 6.07) is 14.6. The minimum Gasteiger partial charge on any atom is -0.493 e. The summed E-state index contributed by atoms with van der Waals surface area (Å²) in [7, 11) is 0. The third-order valence-corrected chi connectivity index (χ3v) is 4.28. The number of thioether (sulfide) groups is 1. The average Bonchev–Trinajstić information content (AvgIpc) is 2.46. The molecule has 0 aliphatic carbocycles. The first-order valence-corrected chi connectivity index (χ1v) is 7.84. The molecule has 0 aliphatic rings. The van der Waals surface area contributed by atoms with Crippen LogP contribution in [0.25, 0.3) is 10.8 Å². The number of ether oxygens (including phenoxy) is 1. The van der Waals surface area contributed by atoms with Gasteiger partial charge in [0.15, 0.2) is 0 Å². The maximum Gasteiger partial charge on any atom is 0.119 e. The lowest BCUT2D eigenvalue weighted by atomic mass is 10.1. The van der Waals surface area contributed by atoms with Gasteiger partial charge in [-0.15, -0.1) is 0 Å². The van der Waals surface area contributed by atoms with Gasteiger partial charge in [0.1, 0.15) is 5.75 Å². The highest BCUT2D eigenvalue weighted by Crippen LogP contribution is 2.20. The molecule has 2 aromatic rings. The van der Waals surface area contributed by atoms with Crippen molar-refractivity contribution in [2.24, 2.45) is 11.7 Å². The topological polar surface area (TPSA) is 35.2 Å². The van der Waals surface area contributed by atoms with Gasteiger partial charge >= 0.3 is 0 Å². The Balaban J connectivity index is 1.78. The fourth-order valence-corrected chi connectivity index (χ4v) is 2.73. The van der Waals surface area contributed by atoms with E-state index in [1.165, 1.54) is 10.8 Å². The summed E-state index contributed by atoms with van der Waals surface area (Å²) >= 11 is 1.90. The molecule has 0 aromatic heterocycles. The van der Waals surface area contributed by atoms with Crippen LogP contribution in [0, 0.1) is 5.92 Å². The molecule has 2 aromatic carbocycles. The first-order valence-electron chi connectivity index (χ1n) is 6.69. The SMILES string of the molecule is CC(CN)CSCCOc1ccc2ccccc2c1. The molecule has 0 heterocycles. The molecule has 2 nitrogen and oxygen atoms in total. The highest BCUT2D eigenvalue weighted by molar-refractivity contribution is 7.99. The van der Waals surface area contributed by atoms with Crippen LogP contribution in [0.3, 0.4) is 0 Å². The van der Waals surface area contributed by atoms with Crippen LogP contribution in [-0.2, 0) is 0 Å². The first-order chi connectivity index (χ1) is 9.29. The van der Waals surface area contributed by atoms with Crippen molar-refractivity contribution < 1.29 is 4.74 Å². The zero-order valence-corrected chi connectivity index (χ0v) is 12.2. The van der Waals surface area contributed by atoms with Gasteiger partial charge in [0.05, 0.1) is 6.61 Å². The van der Waals surface area contributed by atoms with Crippen molar-refractivity contribution in [3.63, 3.8) is 0 Å². The Morgan fingerprint density at radius 3 is 2.74 bits per heavy atom. The molecule has 0 spiro atoms. The third-order valence-electron chi connectivity index (χ3n) is 3.02. The van der Waals surface area contributed by atoms with Crippen molar-refractivity contribution >= 4 is 22.5 Å². The predicted octanol–water partition coefficient (Wildman–Crippen LogP) is 3.55. The van der Waals surface area contributed by atoms with Crippen molar-refractivity contribution in [2.45, 2.75) is 6.92 Å². The van der Waals surface area contributed by atoms with Gasteiger partial charge < -0.3 is 10.5 Å². The maximum atomic E-state index is 5.78. The van der Waals surface area contributed by atoms with Crippen LogP contribution in [0.2, 0.25) is 0 Å². The van der Waals surface area contributed by atoms with E-state index in [1.807, 2.05) is 17.8 Å². The zero-order valence-electron chi connectivity index (χ0n) is 11.3. The van der Waals surface area contributed by atoms with Gasteiger partial charge in [0.2, 0.25) is 0 Å². The monoisotopic (exact) mass is 275 g/mol. The predicted molar refractivity (Wildman–Crippen MR) is 85.0 cm³/mol. The summed E-state index contributed by atoms with van der Waals surface area (Å²) in [5.41, 5.74) is 5.59. The van der Waals surface area contributed by atoms with Crippen molar-refractivity contribution in [3.05, 3.63) is 42.5 Å². The fourth-order valence-electron chi connectivity index (χ4n) is 1.83. The van der Waals surface area contributed by atoms with Crippen LogP contribution in [0.4, 0.5) is 0 Å². The number of nitrogens with two attached hydrogens (primary N) is 1. The summed E-state index contributed by atoms with van der Waals surface area (Å²) in [5.74, 6) is 3.66. The highest BCUT2D eigenvalue weighted by Gasteiger charge is 2.00. The van der Waals surface area contributed by atoms with Crippen molar-refractivity contribution in [3.8, 4) is 5.75 Å². The Labute approximate surface area is 119 Å². The summed E-state index contributed by atoms with van der Waals surface area (Å²) in [5, 5.41) is 2.48. The smallest absolute Gasteiger partial charge is 0.119 e. The molecule has 0 amide bonds. The fraction of sp³-hybridized carbons (Fsp3) is 0.375. The lowest BCUT2D eigenvalue weighted by molar-refractivity contribution is 0.344. The minimum atomic E-state index is 0.589. The number of hydrogen-bond acceptors (Lipinski definition) is 3. The molecule has 0 saturated carbocycles. The number of benzene rings is 2. The lowest BCUT2D eigenvalue weighted by Gasteiger charge is -2.09. The molecule has 2 rings (SSSR count). The largest absolute Gasteiger partial charge is 0.493 e. The Morgan fingerprint density at radius 1 is 1.16 bits per heavy atom. The van der Waals surface area contributed by atoms with E-state index in [2.05, 4.69) is 43.3 Å². The van der Waals surface area contributed by atoms with E-state index in [0.717, 1.165) is 30.4 Å². The molecule has 2 N–H and O–H groups in total. The van der Waals surface area contributed by atoms with E-state index >= 15 is 0 Å². The number of hydrogen-bond donors (Lipinski definition) is 1. The quantitative estimate of drug-likeness (QED) is 0.785. The van der Waals surface area contributed by atoms with E-state index in [0.29, 0.717) is 5.92 Å². The van der Waals surface area contributed by atoms with E-state index in [-0.39, 0.29) is 0 Å². The van der Waals surface area contributed by atoms with Gasteiger partial charge in [-0.2, -0.15) is 11.8 Å². The molecule has 102 valence electrons. The third kappa shape index (κ3) is 4.44. The average molecular weight is 275 g/mol. The van der Waals surface area contributed by atoms with Gasteiger partial charge in [0.25, 0.3) is 0 Å². The standard InChI is InChI=1S/C16H21NOS/c1-13(11-17)12-19-9-8-18-16-7-6-14-4-2-3-5-15(14)10-16/h2-7,10,13H,8-9,11-12,17H2,1H3. The van der Waals surface area contributed by atoms with Crippen LogP contribution in [0.1, 0.15) is 6.92 Å². The normalized spacial score (nSPS) is 12.5. The molecule has 19 heavy (non-hydrogen) atoms. The second kappa shape index (κ2) is 7.41. The van der Waals surface area contributed by atoms with Crippen molar-refractivity contribution in [1.29, 1.82) is 0 Å². The van der Waals surface area contributed by atoms with Gasteiger partial charge in [-0.05, 0) is 41.1 Å². The highest BCUT2D eigenvalue weighted by atomic mass is 32.2. The van der Waals surface area contributed by atoms with Gasteiger partial charge in [-0.1, -0.05) is 37.3 Å². The van der Waals surface area contributed by atoms with Crippen LogP contribution < -0.4 is 10.5 Å².